The average molecular weight is 336 g/mol. The Morgan fingerprint density at radius 3 is 2.88 bits per heavy atom. The van der Waals surface area contributed by atoms with Crippen molar-refractivity contribution < 1.29 is 5.21 Å². The number of amidine groups is 1. The summed E-state index contributed by atoms with van der Waals surface area (Å²) in [6.07, 6.45) is 5.63. The molecule has 0 radical (unpaired) electrons. The van der Waals surface area contributed by atoms with E-state index in [1.165, 1.54) is 0 Å². The van der Waals surface area contributed by atoms with Crippen molar-refractivity contribution in [3.63, 3.8) is 0 Å². The smallest absolute Gasteiger partial charge is 0.144 e. The maximum Gasteiger partial charge on any atom is 0.144 e. The van der Waals surface area contributed by atoms with Gasteiger partial charge >= 0.3 is 0 Å². The molecule has 1 rings (SSSR count). The van der Waals surface area contributed by atoms with Gasteiger partial charge in [-0.1, -0.05) is 19.0 Å². The first-order valence-corrected chi connectivity index (χ1v) is 6.19. The zero-order valence-corrected chi connectivity index (χ0v) is 11.7. The molecule has 1 aromatic heterocycles. The number of aromatic nitrogens is 2. The summed E-state index contributed by atoms with van der Waals surface area (Å²) in [5.41, 5.74) is 5.34. The zero-order valence-electron chi connectivity index (χ0n) is 9.52. The third-order valence-corrected chi connectivity index (χ3v) is 3.15. The number of halogens is 1. The van der Waals surface area contributed by atoms with Crippen LogP contribution >= 0.6 is 22.6 Å². The second-order valence-electron chi connectivity index (χ2n) is 4.39. The Bertz CT molecular complexity index is 373. The van der Waals surface area contributed by atoms with Gasteiger partial charge in [0.25, 0.3) is 0 Å². The first-order valence-electron chi connectivity index (χ1n) is 5.11. The molecule has 0 amide bonds. The highest BCUT2D eigenvalue weighted by Gasteiger charge is 2.22. The minimum Gasteiger partial charge on any atom is -0.409 e. The van der Waals surface area contributed by atoms with E-state index in [2.05, 4.69) is 32.8 Å². The van der Waals surface area contributed by atoms with Gasteiger partial charge in [0, 0.05) is 18.2 Å². The molecule has 0 bridgehead atoms. The number of oxime groups is 1. The van der Waals surface area contributed by atoms with E-state index in [1.54, 1.807) is 0 Å². The summed E-state index contributed by atoms with van der Waals surface area (Å²) in [6.45, 7) is 4.79. The summed E-state index contributed by atoms with van der Waals surface area (Å²) in [7, 11) is 0. The van der Waals surface area contributed by atoms with Gasteiger partial charge in [0.05, 0.1) is 9.77 Å². The van der Waals surface area contributed by atoms with Crippen LogP contribution in [-0.2, 0) is 6.54 Å². The van der Waals surface area contributed by atoms with Crippen LogP contribution in [0.5, 0.6) is 0 Å². The van der Waals surface area contributed by atoms with Crippen LogP contribution in [0.3, 0.4) is 0 Å². The zero-order chi connectivity index (χ0) is 12.2. The van der Waals surface area contributed by atoms with Crippen molar-refractivity contribution in [1.82, 2.24) is 9.78 Å². The molecule has 0 aromatic carbocycles. The molecule has 0 atom stereocenters. The fourth-order valence-corrected chi connectivity index (χ4v) is 1.85. The lowest BCUT2D eigenvalue weighted by atomic mass is 9.86. The van der Waals surface area contributed by atoms with Crippen LogP contribution in [0.2, 0.25) is 0 Å². The first kappa shape index (κ1) is 13.3. The van der Waals surface area contributed by atoms with Crippen LogP contribution in [0.4, 0.5) is 0 Å². The minimum absolute atomic E-state index is 0.269. The quantitative estimate of drug-likeness (QED) is 0.284. The van der Waals surface area contributed by atoms with Gasteiger partial charge < -0.3 is 10.9 Å². The summed E-state index contributed by atoms with van der Waals surface area (Å²) in [4.78, 5) is 0. The molecular formula is C10H17IN4O. The van der Waals surface area contributed by atoms with Crippen molar-refractivity contribution in [3.8, 4) is 0 Å². The van der Waals surface area contributed by atoms with Crippen molar-refractivity contribution in [2.45, 2.75) is 33.2 Å². The molecule has 3 N–H and O–H groups in total. The summed E-state index contributed by atoms with van der Waals surface area (Å²) in [5, 5.41) is 15.9. The largest absolute Gasteiger partial charge is 0.409 e. The third kappa shape index (κ3) is 3.66. The van der Waals surface area contributed by atoms with E-state index >= 15 is 0 Å². The fraction of sp³-hybridized carbons (Fsp3) is 0.600. The van der Waals surface area contributed by atoms with Crippen molar-refractivity contribution in [3.05, 3.63) is 16.0 Å². The molecule has 0 aliphatic carbocycles. The molecular weight excluding hydrogens is 319 g/mol. The van der Waals surface area contributed by atoms with Gasteiger partial charge in [0.15, 0.2) is 0 Å². The van der Waals surface area contributed by atoms with E-state index in [0.717, 1.165) is 23.0 Å². The topological polar surface area (TPSA) is 76.4 Å². The molecule has 0 saturated heterocycles. The maximum absolute atomic E-state index is 8.63. The normalized spacial score (nSPS) is 13.1. The predicted molar refractivity (Wildman–Crippen MR) is 71.4 cm³/mol. The van der Waals surface area contributed by atoms with Crippen LogP contribution in [0.25, 0.3) is 0 Å². The van der Waals surface area contributed by atoms with Gasteiger partial charge in [-0.2, -0.15) is 5.10 Å². The number of aryl methyl sites for hydroxylation is 1. The Morgan fingerprint density at radius 1 is 1.69 bits per heavy atom. The molecule has 16 heavy (non-hydrogen) atoms. The van der Waals surface area contributed by atoms with Gasteiger partial charge in [0.1, 0.15) is 5.84 Å². The summed E-state index contributed by atoms with van der Waals surface area (Å²) in [5.74, 6) is 0.280. The molecule has 0 aliphatic heterocycles. The Morgan fingerprint density at radius 2 is 2.38 bits per heavy atom. The monoisotopic (exact) mass is 336 g/mol. The van der Waals surface area contributed by atoms with E-state index in [4.69, 9.17) is 10.9 Å². The van der Waals surface area contributed by atoms with Crippen LogP contribution in [0.1, 0.15) is 26.7 Å². The highest BCUT2D eigenvalue weighted by Crippen LogP contribution is 2.22. The number of hydrogen-bond donors (Lipinski definition) is 2. The molecule has 5 nitrogen and oxygen atoms in total. The van der Waals surface area contributed by atoms with Crippen LogP contribution in [0, 0.1) is 8.99 Å². The van der Waals surface area contributed by atoms with E-state index in [1.807, 2.05) is 30.9 Å². The summed E-state index contributed by atoms with van der Waals surface area (Å²) in [6, 6.07) is 0. The first-order chi connectivity index (χ1) is 7.45. The molecule has 0 fully saturated rings. The second kappa shape index (κ2) is 5.51. The molecule has 0 spiro atoms. The number of rotatable bonds is 5. The lowest BCUT2D eigenvalue weighted by Crippen LogP contribution is -2.32. The van der Waals surface area contributed by atoms with Gasteiger partial charge in [-0.15, -0.1) is 0 Å². The Hall–Kier alpha value is -0.790. The van der Waals surface area contributed by atoms with Gasteiger partial charge in [-0.3, -0.25) is 4.68 Å². The van der Waals surface area contributed by atoms with Crippen LogP contribution < -0.4 is 5.73 Å². The van der Waals surface area contributed by atoms with Crippen LogP contribution in [0.15, 0.2) is 17.5 Å². The number of nitrogens with two attached hydrogens (primary N) is 1. The summed E-state index contributed by atoms with van der Waals surface area (Å²) < 4.78 is 3.04. The number of hydrogen-bond acceptors (Lipinski definition) is 3. The molecule has 1 heterocycles. The molecule has 90 valence electrons. The van der Waals surface area contributed by atoms with Gasteiger partial charge in [0.2, 0.25) is 0 Å². The fourth-order valence-electron chi connectivity index (χ4n) is 1.41. The van der Waals surface area contributed by atoms with E-state index in [9.17, 15) is 0 Å². The second-order valence-corrected chi connectivity index (χ2v) is 5.64. The summed E-state index contributed by atoms with van der Waals surface area (Å²) >= 11 is 2.23. The Balaban J connectivity index is 2.41. The lowest BCUT2D eigenvalue weighted by Gasteiger charge is -2.22. The SMILES string of the molecule is CC(C)(CCCn1cc(I)cn1)C(N)=NO. The average Bonchev–Trinajstić information content (AvgIpc) is 2.62. The van der Waals surface area contributed by atoms with Crippen molar-refractivity contribution in [2.24, 2.45) is 16.3 Å². The Kier molecular flexibility index (Phi) is 4.57. The van der Waals surface area contributed by atoms with E-state index in [0.29, 0.717) is 0 Å². The van der Waals surface area contributed by atoms with Crippen molar-refractivity contribution in [1.29, 1.82) is 0 Å². The maximum atomic E-state index is 8.63. The molecule has 6 heteroatoms. The minimum atomic E-state index is -0.269. The van der Waals surface area contributed by atoms with Gasteiger partial charge in [-0.05, 0) is 35.4 Å². The third-order valence-electron chi connectivity index (χ3n) is 2.59. The molecule has 0 saturated carbocycles. The highest BCUT2D eigenvalue weighted by atomic mass is 127. The van der Waals surface area contributed by atoms with Crippen molar-refractivity contribution >= 4 is 28.4 Å². The van der Waals surface area contributed by atoms with E-state index in [-0.39, 0.29) is 11.3 Å². The highest BCUT2D eigenvalue weighted by molar-refractivity contribution is 14.1. The number of nitrogens with zero attached hydrogens (tertiary/aromatic N) is 3. The van der Waals surface area contributed by atoms with Crippen LogP contribution in [-0.4, -0.2) is 20.8 Å². The lowest BCUT2D eigenvalue weighted by molar-refractivity contribution is 0.303. The van der Waals surface area contributed by atoms with Crippen molar-refractivity contribution in [2.75, 3.05) is 0 Å². The molecule has 0 aliphatic rings. The van der Waals surface area contributed by atoms with E-state index < -0.39 is 0 Å². The van der Waals surface area contributed by atoms with Gasteiger partial charge in [-0.25, -0.2) is 0 Å². The predicted octanol–water partition coefficient (Wildman–Crippen LogP) is 2.04. The molecule has 1 aromatic rings. The molecule has 0 unspecified atom stereocenters. The Labute approximate surface area is 109 Å². The standard InChI is InChI=1S/C10H17IN4O/c1-10(2,9(12)14-16)4-3-5-15-7-8(11)6-13-15/h6-7,16H,3-5H2,1-2H3,(H2,12,14).